The lowest BCUT2D eigenvalue weighted by Gasteiger charge is -2.11. The Labute approximate surface area is 122 Å². The molecule has 0 aromatic carbocycles. The van der Waals surface area contributed by atoms with Crippen molar-refractivity contribution in [2.24, 2.45) is 0 Å². The van der Waals surface area contributed by atoms with Crippen LogP contribution in [0.4, 0.5) is 5.69 Å². The van der Waals surface area contributed by atoms with Crippen LogP contribution in [0.25, 0.3) is 11.0 Å². The lowest BCUT2D eigenvalue weighted by atomic mass is 10.2. The summed E-state index contributed by atoms with van der Waals surface area (Å²) in [5.41, 5.74) is 2.90. The minimum atomic E-state index is 0.910. The molecule has 2 aromatic heterocycles. The van der Waals surface area contributed by atoms with Crippen molar-refractivity contribution in [1.29, 1.82) is 0 Å². The Bertz CT molecular complexity index is 542. The van der Waals surface area contributed by atoms with Gasteiger partial charge in [-0.1, -0.05) is 0 Å². The Balaban J connectivity index is 1.97. The Hall–Kier alpha value is -1.20. The molecule has 2 rings (SSSR count). The van der Waals surface area contributed by atoms with Gasteiger partial charge >= 0.3 is 0 Å². The van der Waals surface area contributed by atoms with E-state index in [9.17, 15) is 0 Å². The highest BCUT2D eigenvalue weighted by Crippen LogP contribution is 2.21. The summed E-state index contributed by atoms with van der Waals surface area (Å²) >= 11 is 3.42. The molecule has 0 aliphatic carbocycles. The highest BCUT2D eigenvalue weighted by Gasteiger charge is 2.03. The standard InChI is InChI=1S/C14H19BrN4/c1-19(2)8-4-3-6-16-12-5-7-17-13-9-11(15)10-18-14(12)13/h5,7,9-10H,3-4,6,8H2,1-2H3,(H,16,17). The van der Waals surface area contributed by atoms with Gasteiger partial charge in [0.05, 0.1) is 11.2 Å². The smallest absolute Gasteiger partial charge is 0.112 e. The number of rotatable bonds is 6. The second kappa shape index (κ2) is 6.82. The first-order chi connectivity index (χ1) is 9.16. The monoisotopic (exact) mass is 322 g/mol. The van der Waals surface area contributed by atoms with Crippen LogP contribution >= 0.6 is 15.9 Å². The number of hydrogen-bond donors (Lipinski definition) is 1. The van der Waals surface area contributed by atoms with Crippen LogP contribution < -0.4 is 5.32 Å². The molecule has 5 heteroatoms. The first-order valence-electron chi connectivity index (χ1n) is 6.45. The highest BCUT2D eigenvalue weighted by molar-refractivity contribution is 9.10. The minimum Gasteiger partial charge on any atom is -0.383 e. The average Bonchev–Trinajstić information content (AvgIpc) is 2.37. The van der Waals surface area contributed by atoms with E-state index in [0.29, 0.717) is 0 Å². The Kier molecular flexibility index (Phi) is 5.10. The molecule has 2 heterocycles. The van der Waals surface area contributed by atoms with Crippen LogP contribution in [0.2, 0.25) is 0 Å². The first-order valence-corrected chi connectivity index (χ1v) is 7.25. The van der Waals surface area contributed by atoms with E-state index in [1.807, 2.05) is 18.3 Å². The van der Waals surface area contributed by atoms with E-state index < -0.39 is 0 Å². The molecule has 0 saturated heterocycles. The predicted molar refractivity (Wildman–Crippen MR) is 83.5 cm³/mol. The molecule has 2 aromatic rings. The lowest BCUT2D eigenvalue weighted by molar-refractivity contribution is 0.396. The highest BCUT2D eigenvalue weighted by atomic mass is 79.9. The fourth-order valence-corrected chi connectivity index (χ4v) is 2.24. The van der Waals surface area contributed by atoms with Gasteiger partial charge in [0.25, 0.3) is 0 Å². The van der Waals surface area contributed by atoms with Crippen molar-refractivity contribution in [3.05, 3.63) is 29.0 Å². The van der Waals surface area contributed by atoms with Crippen LogP contribution in [-0.2, 0) is 0 Å². The third-order valence-corrected chi connectivity index (χ3v) is 3.33. The van der Waals surface area contributed by atoms with Gasteiger partial charge in [-0.25, -0.2) is 0 Å². The first kappa shape index (κ1) is 14.2. The van der Waals surface area contributed by atoms with Gasteiger partial charge in [-0.05, 0) is 61.5 Å². The topological polar surface area (TPSA) is 41.0 Å². The van der Waals surface area contributed by atoms with Gasteiger partial charge in [-0.3, -0.25) is 9.97 Å². The quantitative estimate of drug-likeness (QED) is 0.829. The van der Waals surface area contributed by atoms with Crippen LogP contribution in [0.3, 0.4) is 0 Å². The number of halogens is 1. The molecule has 0 amide bonds. The van der Waals surface area contributed by atoms with E-state index in [2.05, 4.69) is 50.2 Å². The van der Waals surface area contributed by atoms with Crippen molar-refractivity contribution in [3.8, 4) is 0 Å². The Morgan fingerprint density at radius 2 is 2.11 bits per heavy atom. The normalized spacial score (nSPS) is 11.2. The number of hydrogen-bond acceptors (Lipinski definition) is 4. The van der Waals surface area contributed by atoms with Crippen molar-refractivity contribution in [1.82, 2.24) is 14.9 Å². The van der Waals surface area contributed by atoms with E-state index in [4.69, 9.17) is 0 Å². The third-order valence-electron chi connectivity index (χ3n) is 2.89. The van der Waals surface area contributed by atoms with Crippen molar-refractivity contribution >= 4 is 32.7 Å². The van der Waals surface area contributed by atoms with Gasteiger partial charge < -0.3 is 10.2 Å². The van der Waals surface area contributed by atoms with E-state index in [1.54, 1.807) is 6.20 Å². The molecule has 0 aliphatic rings. The number of nitrogens with zero attached hydrogens (tertiary/aromatic N) is 3. The van der Waals surface area contributed by atoms with Crippen molar-refractivity contribution in [3.63, 3.8) is 0 Å². The SMILES string of the molecule is CN(C)CCCCNc1ccnc2cc(Br)cnc12. The number of aromatic nitrogens is 2. The molecule has 1 N–H and O–H groups in total. The zero-order valence-electron chi connectivity index (χ0n) is 11.4. The fourth-order valence-electron chi connectivity index (χ4n) is 1.92. The molecule has 0 atom stereocenters. The number of unbranched alkanes of at least 4 members (excludes halogenated alkanes) is 1. The molecule has 4 nitrogen and oxygen atoms in total. The largest absolute Gasteiger partial charge is 0.383 e. The van der Waals surface area contributed by atoms with Crippen molar-refractivity contribution < 1.29 is 0 Å². The second-order valence-corrected chi connectivity index (χ2v) is 5.73. The maximum absolute atomic E-state index is 4.43. The van der Waals surface area contributed by atoms with Crippen molar-refractivity contribution in [2.45, 2.75) is 12.8 Å². The summed E-state index contributed by atoms with van der Waals surface area (Å²) in [7, 11) is 4.21. The molecular weight excluding hydrogens is 304 g/mol. The van der Waals surface area contributed by atoms with Gasteiger partial charge in [0.1, 0.15) is 5.52 Å². The molecule has 0 spiro atoms. The van der Waals surface area contributed by atoms with Crippen LogP contribution in [0, 0.1) is 0 Å². The second-order valence-electron chi connectivity index (χ2n) is 4.82. The Morgan fingerprint density at radius 1 is 1.26 bits per heavy atom. The summed E-state index contributed by atoms with van der Waals surface area (Å²) in [4.78, 5) is 11.0. The van der Waals surface area contributed by atoms with E-state index in [-0.39, 0.29) is 0 Å². The molecule has 0 fully saturated rings. The minimum absolute atomic E-state index is 0.910. The lowest BCUT2D eigenvalue weighted by Crippen LogP contribution is -2.14. The van der Waals surface area contributed by atoms with Gasteiger partial charge in [-0.2, -0.15) is 0 Å². The van der Waals surface area contributed by atoms with E-state index in [1.165, 1.54) is 6.42 Å². The molecule has 0 unspecified atom stereocenters. The molecule has 0 aliphatic heterocycles. The van der Waals surface area contributed by atoms with Crippen LogP contribution in [-0.4, -0.2) is 42.1 Å². The van der Waals surface area contributed by atoms with E-state index >= 15 is 0 Å². The summed E-state index contributed by atoms with van der Waals surface area (Å²) in [6, 6.07) is 3.97. The number of fused-ring (bicyclic) bond motifs is 1. The summed E-state index contributed by atoms with van der Waals surface area (Å²) in [6.07, 6.45) is 5.97. The predicted octanol–water partition coefficient (Wildman–Crippen LogP) is 3.15. The van der Waals surface area contributed by atoms with Gasteiger partial charge in [0, 0.05) is 23.4 Å². The molecular formula is C14H19BrN4. The summed E-state index contributed by atoms with van der Waals surface area (Å²) in [6.45, 7) is 2.09. The van der Waals surface area contributed by atoms with Crippen molar-refractivity contribution in [2.75, 3.05) is 32.5 Å². The molecule has 0 radical (unpaired) electrons. The zero-order chi connectivity index (χ0) is 13.7. The maximum Gasteiger partial charge on any atom is 0.112 e. The van der Waals surface area contributed by atoms with Crippen LogP contribution in [0.1, 0.15) is 12.8 Å². The molecule has 0 saturated carbocycles. The van der Waals surface area contributed by atoms with Gasteiger partial charge in [0.2, 0.25) is 0 Å². The maximum atomic E-state index is 4.43. The summed E-state index contributed by atoms with van der Waals surface area (Å²) in [5.74, 6) is 0. The van der Waals surface area contributed by atoms with Crippen LogP contribution in [0.5, 0.6) is 0 Å². The molecule has 0 bridgehead atoms. The molecule has 19 heavy (non-hydrogen) atoms. The van der Waals surface area contributed by atoms with Crippen LogP contribution in [0.15, 0.2) is 29.0 Å². The number of pyridine rings is 2. The summed E-state index contributed by atoms with van der Waals surface area (Å²) in [5, 5.41) is 3.44. The van der Waals surface area contributed by atoms with Gasteiger partial charge in [-0.15, -0.1) is 0 Å². The summed E-state index contributed by atoms with van der Waals surface area (Å²) < 4.78 is 0.954. The average molecular weight is 323 g/mol. The number of anilines is 1. The third kappa shape index (κ3) is 4.14. The fraction of sp³-hybridized carbons (Fsp3) is 0.429. The number of nitrogens with one attached hydrogen (secondary N) is 1. The van der Waals surface area contributed by atoms with E-state index in [0.717, 1.165) is 40.7 Å². The van der Waals surface area contributed by atoms with Gasteiger partial charge in [0.15, 0.2) is 0 Å². The Morgan fingerprint density at radius 3 is 2.89 bits per heavy atom. The molecule has 102 valence electrons. The zero-order valence-corrected chi connectivity index (χ0v) is 12.9.